The standard InChI is InChI=1S/C22H34N4O2/c1-23-21(27)17-25-14-10-20(11-15-25)26-13-5-8-19(16-26)22(28)24-12-9-18-6-3-2-4-7-18/h2-4,6-7,19-20H,5,8-17H2,1H3,(H,23,27)(H,24,28)/t19-/m0/s1. The van der Waals surface area contributed by atoms with Crippen LogP contribution in [0.4, 0.5) is 0 Å². The summed E-state index contributed by atoms with van der Waals surface area (Å²) in [6.07, 6.45) is 5.13. The van der Waals surface area contributed by atoms with E-state index in [4.69, 9.17) is 0 Å². The molecule has 0 spiro atoms. The van der Waals surface area contributed by atoms with Crippen molar-refractivity contribution < 1.29 is 9.59 Å². The summed E-state index contributed by atoms with van der Waals surface area (Å²) in [6.45, 7) is 5.09. The molecule has 6 heteroatoms. The Morgan fingerprint density at radius 1 is 1.07 bits per heavy atom. The van der Waals surface area contributed by atoms with Gasteiger partial charge in [0.15, 0.2) is 0 Å². The Morgan fingerprint density at radius 2 is 1.82 bits per heavy atom. The first-order valence-corrected chi connectivity index (χ1v) is 10.6. The number of benzene rings is 1. The Hall–Kier alpha value is -1.92. The van der Waals surface area contributed by atoms with E-state index in [1.165, 1.54) is 5.56 Å². The van der Waals surface area contributed by atoms with Gasteiger partial charge >= 0.3 is 0 Å². The van der Waals surface area contributed by atoms with E-state index in [9.17, 15) is 9.59 Å². The van der Waals surface area contributed by atoms with Crippen molar-refractivity contribution >= 4 is 11.8 Å². The molecule has 2 aliphatic heterocycles. The minimum atomic E-state index is 0.0867. The van der Waals surface area contributed by atoms with Gasteiger partial charge in [-0.05, 0) is 44.2 Å². The Labute approximate surface area is 168 Å². The number of nitrogens with zero attached hydrogens (tertiary/aromatic N) is 2. The Kier molecular flexibility index (Phi) is 7.86. The molecule has 0 unspecified atom stereocenters. The van der Waals surface area contributed by atoms with Crippen LogP contribution in [0, 0.1) is 5.92 Å². The van der Waals surface area contributed by atoms with Crippen LogP contribution < -0.4 is 10.6 Å². The number of amides is 2. The van der Waals surface area contributed by atoms with Crippen molar-refractivity contribution in [2.45, 2.75) is 38.1 Å². The van der Waals surface area contributed by atoms with Gasteiger partial charge in [-0.2, -0.15) is 0 Å². The number of piperidine rings is 2. The zero-order valence-electron chi connectivity index (χ0n) is 17.0. The van der Waals surface area contributed by atoms with Gasteiger partial charge in [0.25, 0.3) is 0 Å². The van der Waals surface area contributed by atoms with E-state index < -0.39 is 0 Å². The molecule has 154 valence electrons. The molecule has 0 saturated carbocycles. The van der Waals surface area contributed by atoms with Gasteiger partial charge in [0.05, 0.1) is 12.5 Å². The van der Waals surface area contributed by atoms with Crippen LogP contribution in [0.3, 0.4) is 0 Å². The highest BCUT2D eigenvalue weighted by Crippen LogP contribution is 2.24. The highest BCUT2D eigenvalue weighted by atomic mass is 16.2. The lowest BCUT2D eigenvalue weighted by molar-refractivity contribution is -0.127. The molecule has 2 heterocycles. The summed E-state index contributed by atoms with van der Waals surface area (Å²) in [5.41, 5.74) is 1.26. The number of hydrogen-bond donors (Lipinski definition) is 2. The number of nitrogens with one attached hydrogen (secondary N) is 2. The minimum absolute atomic E-state index is 0.0867. The molecule has 0 aromatic heterocycles. The lowest BCUT2D eigenvalue weighted by atomic mass is 9.93. The number of likely N-dealkylation sites (tertiary alicyclic amines) is 2. The molecule has 0 aliphatic carbocycles. The molecule has 2 saturated heterocycles. The molecular weight excluding hydrogens is 352 g/mol. The third kappa shape index (κ3) is 6.04. The largest absolute Gasteiger partial charge is 0.358 e. The number of hydrogen-bond acceptors (Lipinski definition) is 4. The second-order valence-electron chi connectivity index (χ2n) is 8.04. The molecule has 2 aliphatic rings. The lowest BCUT2D eigenvalue weighted by Crippen LogP contribution is -2.51. The van der Waals surface area contributed by atoms with Crippen molar-refractivity contribution in [2.24, 2.45) is 5.92 Å². The fourth-order valence-corrected chi connectivity index (χ4v) is 4.40. The SMILES string of the molecule is CNC(=O)CN1CCC(N2CCC[C@H](C(=O)NCCc3ccccc3)C2)CC1. The number of likely N-dealkylation sites (N-methyl/N-ethyl adjacent to an activating group) is 1. The van der Waals surface area contributed by atoms with Crippen molar-refractivity contribution in [3.63, 3.8) is 0 Å². The predicted molar refractivity (Wildman–Crippen MR) is 111 cm³/mol. The smallest absolute Gasteiger partial charge is 0.233 e. The molecule has 6 nitrogen and oxygen atoms in total. The number of rotatable bonds is 7. The maximum Gasteiger partial charge on any atom is 0.233 e. The number of carbonyl (C=O) groups is 2. The van der Waals surface area contributed by atoms with Crippen LogP contribution in [0.15, 0.2) is 30.3 Å². The Bertz CT molecular complexity index is 629. The van der Waals surface area contributed by atoms with Crippen LogP contribution in [0.2, 0.25) is 0 Å². The van der Waals surface area contributed by atoms with Gasteiger partial charge in [-0.1, -0.05) is 30.3 Å². The van der Waals surface area contributed by atoms with E-state index in [1.807, 2.05) is 18.2 Å². The Balaban J connectivity index is 1.40. The van der Waals surface area contributed by atoms with Crippen molar-refractivity contribution in [3.05, 3.63) is 35.9 Å². The number of carbonyl (C=O) groups excluding carboxylic acids is 2. The van der Waals surface area contributed by atoms with Gasteiger partial charge in [-0.25, -0.2) is 0 Å². The van der Waals surface area contributed by atoms with Gasteiger partial charge in [0, 0.05) is 39.3 Å². The molecule has 1 aromatic carbocycles. The molecule has 28 heavy (non-hydrogen) atoms. The van der Waals surface area contributed by atoms with E-state index in [2.05, 4.69) is 32.6 Å². The van der Waals surface area contributed by atoms with E-state index >= 15 is 0 Å². The van der Waals surface area contributed by atoms with Crippen molar-refractivity contribution in [1.82, 2.24) is 20.4 Å². The summed E-state index contributed by atoms with van der Waals surface area (Å²) in [6, 6.07) is 10.8. The first-order valence-electron chi connectivity index (χ1n) is 10.6. The van der Waals surface area contributed by atoms with E-state index in [1.54, 1.807) is 7.05 Å². The minimum Gasteiger partial charge on any atom is -0.358 e. The summed E-state index contributed by atoms with van der Waals surface area (Å²) in [7, 11) is 1.69. The zero-order valence-corrected chi connectivity index (χ0v) is 17.0. The van der Waals surface area contributed by atoms with E-state index in [0.29, 0.717) is 19.1 Å². The molecule has 0 radical (unpaired) electrons. The topological polar surface area (TPSA) is 64.7 Å². The summed E-state index contributed by atoms with van der Waals surface area (Å²) < 4.78 is 0. The first-order chi connectivity index (χ1) is 13.7. The third-order valence-electron chi connectivity index (χ3n) is 6.10. The van der Waals surface area contributed by atoms with Gasteiger partial charge < -0.3 is 10.6 Å². The van der Waals surface area contributed by atoms with Crippen molar-refractivity contribution in [1.29, 1.82) is 0 Å². The normalized spacial score (nSPS) is 22.0. The zero-order chi connectivity index (χ0) is 19.8. The summed E-state index contributed by atoms with van der Waals surface area (Å²) in [5.74, 6) is 0.398. The monoisotopic (exact) mass is 386 g/mol. The van der Waals surface area contributed by atoms with E-state index in [0.717, 1.165) is 58.3 Å². The van der Waals surface area contributed by atoms with Gasteiger partial charge in [-0.15, -0.1) is 0 Å². The lowest BCUT2D eigenvalue weighted by Gasteiger charge is -2.41. The summed E-state index contributed by atoms with van der Waals surface area (Å²) in [4.78, 5) is 28.9. The quantitative estimate of drug-likeness (QED) is 0.741. The molecule has 1 aromatic rings. The van der Waals surface area contributed by atoms with Crippen molar-refractivity contribution in [3.8, 4) is 0 Å². The van der Waals surface area contributed by atoms with E-state index in [-0.39, 0.29) is 17.7 Å². The molecule has 3 rings (SSSR count). The fraction of sp³-hybridized carbons (Fsp3) is 0.636. The van der Waals surface area contributed by atoms with Crippen molar-refractivity contribution in [2.75, 3.05) is 46.3 Å². The molecule has 1 atom stereocenters. The molecule has 2 amide bonds. The summed E-state index contributed by atoms with van der Waals surface area (Å²) >= 11 is 0. The molecule has 2 fully saturated rings. The third-order valence-corrected chi connectivity index (χ3v) is 6.10. The van der Waals surface area contributed by atoms with Crippen LogP contribution >= 0.6 is 0 Å². The van der Waals surface area contributed by atoms with Gasteiger partial charge in [-0.3, -0.25) is 19.4 Å². The fourth-order valence-electron chi connectivity index (χ4n) is 4.40. The molecule has 2 N–H and O–H groups in total. The molecular formula is C22H34N4O2. The average molecular weight is 387 g/mol. The maximum absolute atomic E-state index is 12.6. The second-order valence-corrected chi connectivity index (χ2v) is 8.04. The van der Waals surface area contributed by atoms with Crippen LogP contribution in [0.5, 0.6) is 0 Å². The second kappa shape index (κ2) is 10.6. The van der Waals surface area contributed by atoms with Crippen LogP contribution in [-0.4, -0.2) is 74.0 Å². The average Bonchev–Trinajstić information content (AvgIpc) is 2.75. The highest BCUT2D eigenvalue weighted by Gasteiger charge is 2.31. The van der Waals surface area contributed by atoms with Crippen LogP contribution in [0.1, 0.15) is 31.2 Å². The Morgan fingerprint density at radius 3 is 2.54 bits per heavy atom. The first kappa shape index (κ1) is 20.8. The maximum atomic E-state index is 12.6. The highest BCUT2D eigenvalue weighted by molar-refractivity contribution is 5.79. The van der Waals surface area contributed by atoms with Crippen LogP contribution in [0.25, 0.3) is 0 Å². The van der Waals surface area contributed by atoms with Gasteiger partial charge in [0.2, 0.25) is 11.8 Å². The summed E-state index contributed by atoms with van der Waals surface area (Å²) in [5, 5.41) is 5.84. The van der Waals surface area contributed by atoms with Crippen LogP contribution in [-0.2, 0) is 16.0 Å². The van der Waals surface area contributed by atoms with Gasteiger partial charge in [0.1, 0.15) is 0 Å². The molecule has 0 bridgehead atoms. The predicted octanol–water partition coefficient (Wildman–Crippen LogP) is 1.27.